The van der Waals surface area contributed by atoms with E-state index in [1.54, 1.807) is 6.07 Å². The van der Waals surface area contributed by atoms with Gasteiger partial charge in [-0.2, -0.15) is 0 Å². The normalized spacial score (nSPS) is 18.4. The maximum atomic E-state index is 12.0. The van der Waals surface area contributed by atoms with Crippen molar-refractivity contribution < 1.29 is 9.21 Å². The molecular weight excluding hydrogens is 254 g/mol. The molecule has 4 nitrogen and oxygen atoms in total. The molecule has 3 rings (SSSR count). The van der Waals surface area contributed by atoms with Gasteiger partial charge in [-0.3, -0.25) is 0 Å². The highest BCUT2D eigenvalue weighted by Crippen LogP contribution is 2.44. The first-order valence-electron chi connectivity index (χ1n) is 6.82. The summed E-state index contributed by atoms with van der Waals surface area (Å²) in [5, 5.41) is 0.959. The lowest BCUT2D eigenvalue weighted by molar-refractivity contribution is -0.108. The summed E-state index contributed by atoms with van der Waals surface area (Å²) in [7, 11) is 0. The molecule has 0 bridgehead atoms. The number of hydrogen-bond acceptors (Lipinski definition) is 4. The number of hydrogen-bond donors (Lipinski definition) is 1. The van der Waals surface area contributed by atoms with E-state index in [1.807, 2.05) is 19.9 Å². The van der Waals surface area contributed by atoms with Gasteiger partial charge in [0.25, 0.3) is 0 Å². The Balaban J connectivity index is 2.22. The third-order valence-electron chi connectivity index (χ3n) is 4.38. The molecule has 2 atom stereocenters. The molecule has 0 saturated heterocycles. The summed E-state index contributed by atoms with van der Waals surface area (Å²) in [4.78, 5) is 22.7. The van der Waals surface area contributed by atoms with E-state index >= 15 is 0 Å². The number of fused-ring (bicyclic) bond motifs is 3. The molecule has 2 unspecified atom stereocenters. The SMILES string of the molecule is Cc1cc2c3c(c(=O)oc2cc1N)CC3C(C)CC=O. The van der Waals surface area contributed by atoms with Gasteiger partial charge in [0, 0.05) is 29.1 Å². The van der Waals surface area contributed by atoms with Crippen molar-refractivity contribution in [2.45, 2.75) is 32.6 Å². The second-order valence-electron chi connectivity index (χ2n) is 5.68. The van der Waals surface area contributed by atoms with Crippen LogP contribution in [0, 0.1) is 12.8 Å². The summed E-state index contributed by atoms with van der Waals surface area (Å²) in [6.45, 7) is 3.99. The molecular formula is C16H17NO3. The van der Waals surface area contributed by atoms with Crippen LogP contribution in [0.4, 0.5) is 5.69 Å². The monoisotopic (exact) mass is 271 g/mol. The topological polar surface area (TPSA) is 73.3 Å². The molecule has 2 aromatic rings. The molecule has 0 aliphatic heterocycles. The number of nitrogens with two attached hydrogens (primary N) is 1. The molecule has 1 aromatic carbocycles. The summed E-state index contributed by atoms with van der Waals surface area (Å²) in [5.41, 5.74) is 9.55. The number of aryl methyl sites for hydroxylation is 1. The van der Waals surface area contributed by atoms with Gasteiger partial charge < -0.3 is 14.9 Å². The molecule has 20 heavy (non-hydrogen) atoms. The van der Waals surface area contributed by atoms with E-state index in [2.05, 4.69) is 0 Å². The van der Waals surface area contributed by atoms with Gasteiger partial charge in [0.15, 0.2) is 0 Å². The van der Waals surface area contributed by atoms with Crippen LogP contribution in [0.5, 0.6) is 0 Å². The summed E-state index contributed by atoms with van der Waals surface area (Å²) < 4.78 is 5.34. The van der Waals surface area contributed by atoms with Crippen molar-refractivity contribution in [1.82, 2.24) is 0 Å². The van der Waals surface area contributed by atoms with Crippen molar-refractivity contribution in [1.29, 1.82) is 0 Å². The third-order valence-corrected chi connectivity index (χ3v) is 4.38. The van der Waals surface area contributed by atoms with E-state index in [1.165, 1.54) is 0 Å². The number of aldehydes is 1. The number of benzene rings is 1. The highest BCUT2D eigenvalue weighted by molar-refractivity contribution is 5.87. The zero-order valence-corrected chi connectivity index (χ0v) is 11.6. The van der Waals surface area contributed by atoms with Crippen LogP contribution in [0.1, 0.15) is 36.0 Å². The van der Waals surface area contributed by atoms with Gasteiger partial charge >= 0.3 is 5.63 Å². The van der Waals surface area contributed by atoms with Crippen molar-refractivity contribution in [2.75, 3.05) is 5.73 Å². The molecule has 1 heterocycles. The summed E-state index contributed by atoms with van der Waals surface area (Å²) >= 11 is 0. The highest BCUT2D eigenvalue weighted by atomic mass is 16.4. The summed E-state index contributed by atoms with van der Waals surface area (Å²) in [6, 6.07) is 3.69. The minimum Gasteiger partial charge on any atom is -0.422 e. The van der Waals surface area contributed by atoms with Crippen LogP contribution in [0.3, 0.4) is 0 Å². The van der Waals surface area contributed by atoms with Gasteiger partial charge in [-0.15, -0.1) is 0 Å². The lowest BCUT2D eigenvalue weighted by Crippen LogP contribution is -2.30. The maximum Gasteiger partial charge on any atom is 0.339 e. The zero-order valence-electron chi connectivity index (χ0n) is 11.6. The highest BCUT2D eigenvalue weighted by Gasteiger charge is 2.35. The molecule has 1 aromatic heterocycles. The standard InChI is InChI=1S/C16H17NO3/c1-8(3-4-18)10-6-12-15(10)11-5-9(2)13(17)7-14(11)20-16(12)19/h4-5,7-8,10H,3,6,17H2,1-2H3. The molecule has 0 spiro atoms. The Morgan fingerprint density at radius 3 is 2.95 bits per heavy atom. The van der Waals surface area contributed by atoms with Crippen molar-refractivity contribution in [3.05, 3.63) is 39.2 Å². The number of rotatable bonds is 3. The smallest absolute Gasteiger partial charge is 0.339 e. The minimum absolute atomic E-state index is 0.239. The first-order chi connectivity index (χ1) is 9.52. The largest absolute Gasteiger partial charge is 0.422 e. The average molecular weight is 271 g/mol. The minimum atomic E-state index is -0.273. The first-order valence-corrected chi connectivity index (χ1v) is 6.82. The van der Waals surface area contributed by atoms with Gasteiger partial charge in [0.2, 0.25) is 0 Å². The second kappa shape index (κ2) is 4.47. The molecule has 0 amide bonds. The van der Waals surface area contributed by atoms with Crippen LogP contribution < -0.4 is 11.4 Å². The molecule has 0 fully saturated rings. The van der Waals surface area contributed by atoms with E-state index in [0.717, 1.165) is 28.4 Å². The van der Waals surface area contributed by atoms with E-state index in [-0.39, 0.29) is 17.5 Å². The van der Waals surface area contributed by atoms with Crippen molar-refractivity contribution in [3.8, 4) is 0 Å². The van der Waals surface area contributed by atoms with E-state index in [9.17, 15) is 9.59 Å². The van der Waals surface area contributed by atoms with E-state index < -0.39 is 0 Å². The lowest BCUT2D eigenvalue weighted by atomic mass is 9.69. The molecule has 0 radical (unpaired) electrons. The molecule has 0 saturated carbocycles. The Kier molecular flexibility index (Phi) is 2.89. The van der Waals surface area contributed by atoms with Crippen LogP contribution in [0.25, 0.3) is 11.0 Å². The average Bonchev–Trinajstić information content (AvgIpc) is 2.33. The number of anilines is 1. The van der Waals surface area contributed by atoms with Crippen LogP contribution in [-0.2, 0) is 11.2 Å². The lowest BCUT2D eigenvalue weighted by Gasteiger charge is -2.34. The first kappa shape index (κ1) is 12.9. The number of nitrogen functional groups attached to an aromatic ring is 1. The van der Waals surface area contributed by atoms with E-state index in [4.69, 9.17) is 10.2 Å². The fourth-order valence-corrected chi connectivity index (χ4v) is 3.04. The Morgan fingerprint density at radius 2 is 2.25 bits per heavy atom. The van der Waals surface area contributed by atoms with E-state index in [0.29, 0.717) is 24.1 Å². The Hall–Kier alpha value is -2.10. The molecule has 1 aliphatic carbocycles. The number of carbonyl (C=O) groups is 1. The van der Waals surface area contributed by atoms with Gasteiger partial charge in [-0.05, 0) is 42.4 Å². The van der Waals surface area contributed by atoms with Gasteiger partial charge in [-0.25, -0.2) is 4.79 Å². The predicted molar refractivity (Wildman–Crippen MR) is 77.9 cm³/mol. The predicted octanol–water partition coefficient (Wildman–Crippen LogP) is 2.55. The van der Waals surface area contributed by atoms with Crippen molar-refractivity contribution in [3.63, 3.8) is 0 Å². The second-order valence-corrected chi connectivity index (χ2v) is 5.68. The van der Waals surface area contributed by atoms with Crippen LogP contribution in [-0.4, -0.2) is 6.29 Å². The summed E-state index contributed by atoms with van der Waals surface area (Å²) in [5.74, 6) is 0.493. The maximum absolute atomic E-state index is 12.0. The molecule has 1 aliphatic rings. The quantitative estimate of drug-likeness (QED) is 0.529. The third kappa shape index (κ3) is 1.75. The van der Waals surface area contributed by atoms with Crippen LogP contribution in [0.2, 0.25) is 0 Å². The Bertz CT molecular complexity index is 760. The fourth-order valence-electron chi connectivity index (χ4n) is 3.04. The zero-order chi connectivity index (χ0) is 14.4. The van der Waals surface area contributed by atoms with Crippen molar-refractivity contribution >= 4 is 22.9 Å². The molecule has 2 N–H and O–H groups in total. The van der Waals surface area contributed by atoms with Gasteiger partial charge in [0.1, 0.15) is 11.9 Å². The Labute approximate surface area is 116 Å². The number of carbonyl (C=O) groups excluding carboxylic acids is 1. The van der Waals surface area contributed by atoms with Crippen LogP contribution >= 0.6 is 0 Å². The van der Waals surface area contributed by atoms with Gasteiger partial charge in [0.05, 0.1) is 0 Å². The molecule has 104 valence electrons. The summed E-state index contributed by atoms with van der Waals surface area (Å²) in [6.07, 6.45) is 2.16. The molecule has 4 heteroatoms. The van der Waals surface area contributed by atoms with Crippen LogP contribution in [0.15, 0.2) is 21.3 Å². The fraction of sp³-hybridized carbons (Fsp3) is 0.375. The van der Waals surface area contributed by atoms with Gasteiger partial charge in [-0.1, -0.05) is 6.92 Å². The Morgan fingerprint density at radius 1 is 1.50 bits per heavy atom. The van der Waals surface area contributed by atoms with Crippen molar-refractivity contribution in [2.24, 2.45) is 5.92 Å².